The summed E-state index contributed by atoms with van der Waals surface area (Å²) in [5.41, 5.74) is 0.364. The first kappa shape index (κ1) is 21.3. The molecule has 3 rings (SSSR count). The molecule has 28 heavy (non-hydrogen) atoms. The Morgan fingerprint density at radius 2 is 1.93 bits per heavy atom. The number of aryl methyl sites for hydroxylation is 2. The fourth-order valence-corrected chi connectivity index (χ4v) is 6.10. The van der Waals surface area contributed by atoms with Gasteiger partial charge in [-0.05, 0) is 52.5 Å². The van der Waals surface area contributed by atoms with Crippen molar-refractivity contribution in [2.75, 3.05) is 32.7 Å². The van der Waals surface area contributed by atoms with Crippen LogP contribution in [0, 0.1) is 19.8 Å². The Kier molecular flexibility index (Phi) is 6.77. The fourth-order valence-electron chi connectivity index (χ4n) is 4.28. The number of nitrogens with zero attached hydrogens (tertiary/aromatic N) is 3. The second kappa shape index (κ2) is 8.92. The second-order valence-corrected chi connectivity index (χ2v) is 9.85. The largest absolute Gasteiger partial charge is 0.360 e. The van der Waals surface area contributed by atoms with E-state index in [4.69, 9.17) is 4.52 Å². The summed E-state index contributed by atoms with van der Waals surface area (Å²) in [6.45, 7) is 9.18. The summed E-state index contributed by atoms with van der Waals surface area (Å²) >= 11 is 0. The molecule has 2 fully saturated rings. The SMILES string of the molecule is CCCN1CCC(NC(=O)C2CCCN(S(=O)(=O)c3c(C)noc3C)C2)CC1. The molecule has 0 spiro atoms. The summed E-state index contributed by atoms with van der Waals surface area (Å²) in [5, 5.41) is 6.93. The van der Waals surface area contributed by atoms with Gasteiger partial charge in [0.25, 0.3) is 0 Å². The maximum atomic E-state index is 13.0. The predicted octanol–water partition coefficient (Wildman–Crippen LogP) is 1.68. The van der Waals surface area contributed by atoms with Crippen LogP contribution in [0.15, 0.2) is 9.42 Å². The highest BCUT2D eigenvalue weighted by atomic mass is 32.2. The van der Waals surface area contributed by atoms with Gasteiger partial charge in [0.1, 0.15) is 10.6 Å². The van der Waals surface area contributed by atoms with Crippen LogP contribution < -0.4 is 5.32 Å². The summed E-state index contributed by atoms with van der Waals surface area (Å²) in [5.74, 6) is -0.0341. The number of sulfonamides is 1. The van der Waals surface area contributed by atoms with Gasteiger partial charge in [-0.25, -0.2) is 8.42 Å². The normalized spacial score (nSPS) is 23.0. The van der Waals surface area contributed by atoms with E-state index in [0.717, 1.165) is 38.9 Å². The molecule has 158 valence electrons. The summed E-state index contributed by atoms with van der Waals surface area (Å²) in [4.78, 5) is 15.4. The minimum absolute atomic E-state index is 0.0207. The summed E-state index contributed by atoms with van der Waals surface area (Å²) < 4.78 is 32.5. The third-order valence-electron chi connectivity index (χ3n) is 5.79. The molecule has 8 nitrogen and oxygen atoms in total. The molecular weight excluding hydrogens is 380 g/mol. The van der Waals surface area contributed by atoms with Gasteiger partial charge < -0.3 is 14.7 Å². The van der Waals surface area contributed by atoms with Gasteiger partial charge in [0.05, 0.1) is 5.92 Å². The first-order chi connectivity index (χ1) is 13.3. The highest BCUT2D eigenvalue weighted by Crippen LogP contribution is 2.28. The Balaban J connectivity index is 1.60. The number of aromatic nitrogens is 1. The molecule has 0 saturated carbocycles. The highest BCUT2D eigenvalue weighted by Gasteiger charge is 2.37. The number of rotatable bonds is 6. The maximum absolute atomic E-state index is 13.0. The fraction of sp³-hybridized carbons (Fsp3) is 0.789. The van der Waals surface area contributed by atoms with Crippen molar-refractivity contribution < 1.29 is 17.7 Å². The van der Waals surface area contributed by atoms with Crippen molar-refractivity contribution in [1.82, 2.24) is 19.7 Å². The Morgan fingerprint density at radius 1 is 1.21 bits per heavy atom. The van der Waals surface area contributed by atoms with Crippen LogP contribution in [0.3, 0.4) is 0 Å². The van der Waals surface area contributed by atoms with Crippen molar-refractivity contribution in [2.45, 2.75) is 63.8 Å². The van der Waals surface area contributed by atoms with Gasteiger partial charge in [-0.1, -0.05) is 12.1 Å². The van der Waals surface area contributed by atoms with Gasteiger partial charge >= 0.3 is 0 Å². The van der Waals surface area contributed by atoms with Crippen LogP contribution in [0.2, 0.25) is 0 Å². The molecule has 2 aliphatic rings. The van der Waals surface area contributed by atoms with Gasteiger partial charge in [-0.3, -0.25) is 4.79 Å². The lowest BCUT2D eigenvalue weighted by Crippen LogP contribution is -2.50. The van der Waals surface area contributed by atoms with Crippen LogP contribution in [0.25, 0.3) is 0 Å². The molecule has 1 aromatic heterocycles. The maximum Gasteiger partial charge on any atom is 0.248 e. The topological polar surface area (TPSA) is 95.8 Å². The molecule has 0 radical (unpaired) electrons. The summed E-state index contributed by atoms with van der Waals surface area (Å²) in [7, 11) is -3.70. The molecule has 0 aliphatic carbocycles. The Hall–Kier alpha value is -1.45. The van der Waals surface area contributed by atoms with Crippen LogP contribution in [0.5, 0.6) is 0 Å². The molecule has 2 saturated heterocycles. The molecule has 9 heteroatoms. The van der Waals surface area contributed by atoms with Gasteiger partial charge in [0.2, 0.25) is 15.9 Å². The van der Waals surface area contributed by atoms with Crippen LogP contribution in [-0.2, 0) is 14.8 Å². The zero-order valence-corrected chi connectivity index (χ0v) is 17.9. The van der Waals surface area contributed by atoms with E-state index in [1.54, 1.807) is 13.8 Å². The number of carbonyl (C=O) groups excluding carboxylic acids is 1. The molecule has 1 amide bonds. The predicted molar refractivity (Wildman–Crippen MR) is 105 cm³/mol. The van der Waals surface area contributed by atoms with E-state index in [2.05, 4.69) is 22.3 Å². The number of nitrogens with one attached hydrogen (secondary N) is 1. The minimum Gasteiger partial charge on any atom is -0.360 e. The Morgan fingerprint density at radius 3 is 2.54 bits per heavy atom. The van der Waals surface area contributed by atoms with Crippen molar-refractivity contribution >= 4 is 15.9 Å². The number of likely N-dealkylation sites (tertiary alicyclic amines) is 1. The average molecular weight is 413 g/mol. The zero-order chi connectivity index (χ0) is 20.3. The molecule has 0 aromatic carbocycles. The van der Waals surface area contributed by atoms with E-state index >= 15 is 0 Å². The van der Waals surface area contributed by atoms with E-state index in [1.807, 2.05) is 0 Å². The van der Waals surface area contributed by atoms with Gasteiger partial charge in [-0.15, -0.1) is 0 Å². The third kappa shape index (κ3) is 4.58. The van der Waals surface area contributed by atoms with Gasteiger partial charge in [0.15, 0.2) is 5.76 Å². The van der Waals surface area contributed by atoms with Crippen molar-refractivity contribution in [3.63, 3.8) is 0 Å². The molecule has 1 aromatic rings. The first-order valence-electron chi connectivity index (χ1n) is 10.3. The van der Waals surface area contributed by atoms with Crippen LogP contribution in [-0.4, -0.2) is 67.5 Å². The zero-order valence-electron chi connectivity index (χ0n) is 17.1. The molecular formula is C19H32N4O4S. The second-order valence-electron chi connectivity index (χ2n) is 7.98. The highest BCUT2D eigenvalue weighted by molar-refractivity contribution is 7.89. The van der Waals surface area contributed by atoms with Crippen molar-refractivity contribution in [2.24, 2.45) is 5.92 Å². The lowest BCUT2D eigenvalue weighted by molar-refractivity contribution is -0.127. The van der Waals surface area contributed by atoms with Crippen LogP contribution in [0.1, 0.15) is 50.5 Å². The van der Waals surface area contributed by atoms with E-state index in [9.17, 15) is 13.2 Å². The number of hydrogen-bond acceptors (Lipinski definition) is 6. The van der Waals surface area contributed by atoms with E-state index in [0.29, 0.717) is 30.8 Å². The third-order valence-corrected chi connectivity index (χ3v) is 7.90. The molecule has 2 aliphatic heterocycles. The standard InChI is InChI=1S/C19H32N4O4S/c1-4-9-22-11-7-17(8-12-22)20-19(24)16-6-5-10-23(13-16)28(25,26)18-14(2)21-27-15(18)3/h16-17H,4-13H2,1-3H3,(H,20,24). The molecule has 1 atom stereocenters. The van der Waals surface area contributed by atoms with Crippen LogP contribution in [0.4, 0.5) is 0 Å². The quantitative estimate of drug-likeness (QED) is 0.764. The van der Waals surface area contributed by atoms with E-state index in [-0.39, 0.29) is 29.3 Å². The number of piperidine rings is 2. The van der Waals surface area contributed by atoms with Gasteiger partial charge in [-0.2, -0.15) is 4.31 Å². The summed E-state index contributed by atoms with van der Waals surface area (Å²) in [6.07, 6.45) is 4.46. The molecule has 3 heterocycles. The van der Waals surface area contributed by atoms with Gasteiger partial charge in [0, 0.05) is 32.2 Å². The number of amides is 1. The Bertz CT molecular complexity index is 764. The lowest BCUT2D eigenvalue weighted by Gasteiger charge is -2.35. The molecule has 1 N–H and O–H groups in total. The van der Waals surface area contributed by atoms with E-state index < -0.39 is 10.0 Å². The first-order valence-corrected chi connectivity index (χ1v) is 11.7. The smallest absolute Gasteiger partial charge is 0.248 e. The van der Waals surface area contributed by atoms with Crippen LogP contribution >= 0.6 is 0 Å². The van der Waals surface area contributed by atoms with E-state index in [1.165, 1.54) is 4.31 Å². The van der Waals surface area contributed by atoms with Crippen molar-refractivity contribution in [3.8, 4) is 0 Å². The minimum atomic E-state index is -3.70. The molecule has 0 bridgehead atoms. The van der Waals surface area contributed by atoms with Crippen molar-refractivity contribution in [3.05, 3.63) is 11.5 Å². The Labute approximate surface area is 167 Å². The lowest BCUT2D eigenvalue weighted by atomic mass is 9.97. The summed E-state index contributed by atoms with van der Waals surface area (Å²) in [6, 6.07) is 0.190. The molecule has 1 unspecified atom stereocenters. The number of hydrogen-bond donors (Lipinski definition) is 1. The monoisotopic (exact) mass is 412 g/mol. The number of carbonyl (C=O) groups is 1. The van der Waals surface area contributed by atoms with Crippen molar-refractivity contribution in [1.29, 1.82) is 0 Å². The average Bonchev–Trinajstić information content (AvgIpc) is 3.02.